The van der Waals surface area contributed by atoms with Crippen LogP contribution in [-0.2, 0) is 11.2 Å². The van der Waals surface area contributed by atoms with Crippen LogP contribution in [0, 0.1) is 0 Å². The number of rotatable bonds is 3. The van der Waals surface area contributed by atoms with Gasteiger partial charge >= 0.3 is 5.97 Å². The molecule has 2 aromatic carbocycles. The number of fused-ring (bicyclic) bond motifs is 1. The molecule has 0 atom stereocenters. The number of carboxylic acids is 1. The maximum atomic E-state index is 11.0. The lowest BCUT2D eigenvalue weighted by Gasteiger charge is -2.07. The Morgan fingerprint density at radius 3 is 2.47 bits per heavy atom. The second kappa shape index (κ2) is 4.57. The van der Waals surface area contributed by atoms with Gasteiger partial charge in [0.2, 0.25) is 0 Å². The highest BCUT2D eigenvalue weighted by atomic mass is 16.4. The molecule has 1 N–H and O–H groups in total. The van der Waals surface area contributed by atoms with E-state index in [9.17, 15) is 4.79 Å². The highest BCUT2D eigenvalue weighted by molar-refractivity contribution is 5.80. The fraction of sp³-hybridized carbons (Fsp3) is 0.0667. The van der Waals surface area contributed by atoms with Crippen LogP contribution in [0.1, 0.15) is 5.82 Å². The summed E-state index contributed by atoms with van der Waals surface area (Å²) < 4.78 is 1.89. The molecule has 0 unspecified atom stereocenters. The van der Waals surface area contributed by atoms with Crippen molar-refractivity contribution in [1.29, 1.82) is 0 Å². The third-order valence-corrected chi connectivity index (χ3v) is 2.95. The molecule has 0 aliphatic heterocycles. The minimum atomic E-state index is -0.882. The molecule has 3 aromatic rings. The van der Waals surface area contributed by atoms with Crippen molar-refractivity contribution in [3.63, 3.8) is 0 Å². The molecule has 0 radical (unpaired) electrons. The first kappa shape index (κ1) is 11.5. The highest BCUT2D eigenvalue weighted by Crippen LogP contribution is 2.21. The summed E-state index contributed by atoms with van der Waals surface area (Å²) in [5, 5.41) is 9.01. The van der Waals surface area contributed by atoms with Gasteiger partial charge in [-0.1, -0.05) is 30.3 Å². The van der Waals surface area contributed by atoms with Crippen molar-refractivity contribution in [2.75, 3.05) is 0 Å². The first-order valence-electron chi connectivity index (χ1n) is 5.99. The van der Waals surface area contributed by atoms with Gasteiger partial charge in [0, 0.05) is 5.69 Å². The number of nitrogens with zero attached hydrogens (tertiary/aromatic N) is 2. The van der Waals surface area contributed by atoms with Gasteiger partial charge in [-0.05, 0) is 24.3 Å². The van der Waals surface area contributed by atoms with Gasteiger partial charge < -0.3 is 5.11 Å². The Morgan fingerprint density at radius 2 is 1.74 bits per heavy atom. The summed E-state index contributed by atoms with van der Waals surface area (Å²) in [5.74, 6) is -0.340. The van der Waals surface area contributed by atoms with Crippen LogP contribution in [0.4, 0.5) is 0 Å². The van der Waals surface area contributed by atoms with E-state index in [1.165, 1.54) is 0 Å². The number of hydrogen-bond acceptors (Lipinski definition) is 2. The summed E-state index contributed by atoms with van der Waals surface area (Å²) in [7, 11) is 0. The van der Waals surface area contributed by atoms with Crippen molar-refractivity contribution in [2.24, 2.45) is 0 Å². The van der Waals surface area contributed by atoms with E-state index < -0.39 is 5.97 Å². The molecular formula is C15H12N2O2. The largest absolute Gasteiger partial charge is 0.481 e. The summed E-state index contributed by atoms with van der Waals surface area (Å²) in [4.78, 5) is 15.4. The van der Waals surface area contributed by atoms with Crippen LogP contribution in [0.3, 0.4) is 0 Å². The number of carboxylic acid groups (broad SMARTS) is 1. The molecule has 4 heteroatoms. The smallest absolute Gasteiger partial charge is 0.311 e. The van der Waals surface area contributed by atoms with Gasteiger partial charge in [-0.15, -0.1) is 0 Å². The Balaban J connectivity index is 2.27. The normalized spacial score (nSPS) is 10.7. The average Bonchev–Trinajstić information content (AvgIpc) is 2.76. The predicted molar refractivity (Wildman–Crippen MR) is 72.4 cm³/mol. The van der Waals surface area contributed by atoms with E-state index in [1.807, 2.05) is 59.2 Å². The summed E-state index contributed by atoms with van der Waals surface area (Å²) >= 11 is 0. The number of aromatic nitrogens is 2. The van der Waals surface area contributed by atoms with Crippen molar-refractivity contribution in [2.45, 2.75) is 6.42 Å². The molecule has 94 valence electrons. The van der Waals surface area contributed by atoms with Crippen LogP contribution in [0.2, 0.25) is 0 Å². The highest BCUT2D eigenvalue weighted by Gasteiger charge is 2.14. The van der Waals surface area contributed by atoms with E-state index in [1.54, 1.807) is 0 Å². The molecule has 1 aromatic heterocycles. The van der Waals surface area contributed by atoms with E-state index in [0.29, 0.717) is 5.82 Å². The topological polar surface area (TPSA) is 55.1 Å². The molecular weight excluding hydrogens is 240 g/mol. The Bertz CT molecular complexity index is 732. The zero-order chi connectivity index (χ0) is 13.2. The lowest BCUT2D eigenvalue weighted by atomic mass is 10.2. The van der Waals surface area contributed by atoms with Crippen LogP contribution < -0.4 is 0 Å². The molecule has 19 heavy (non-hydrogen) atoms. The van der Waals surface area contributed by atoms with Crippen LogP contribution >= 0.6 is 0 Å². The fourth-order valence-corrected chi connectivity index (χ4v) is 2.19. The van der Waals surface area contributed by atoms with E-state index in [0.717, 1.165) is 16.7 Å². The first-order valence-corrected chi connectivity index (χ1v) is 5.99. The SMILES string of the molecule is O=C(O)Cc1nc2ccccc2n1-c1ccccc1. The van der Waals surface area contributed by atoms with Gasteiger partial charge in [0.05, 0.1) is 11.0 Å². The molecule has 0 amide bonds. The molecule has 3 rings (SSSR count). The van der Waals surface area contributed by atoms with Gasteiger partial charge in [0.15, 0.2) is 0 Å². The van der Waals surface area contributed by atoms with Crippen molar-refractivity contribution in [3.05, 3.63) is 60.4 Å². The number of benzene rings is 2. The van der Waals surface area contributed by atoms with Crippen molar-refractivity contribution in [3.8, 4) is 5.69 Å². The molecule has 0 saturated heterocycles. The first-order chi connectivity index (χ1) is 9.25. The van der Waals surface area contributed by atoms with Gasteiger partial charge in [-0.25, -0.2) is 4.98 Å². The van der Waals surface area contributed by atoms with Gasteiger partial charge in [0.25, 0.3) is 0 Å². The van der Waals surface area contributed by atoms with E-state index in [2.05, 4.69) is 4.98 Å². The summed E-state index contributed by atoms with van der Waals surface area (Å²) in [6, 6.07) is 17.3. The summed E-state index contributed by atoms with van der Waals surface area (Å²) in [6.07, 6.45) is -0.0937. The Morgan fingerprint density at radius 1 is 1.05 bits per heavy atom. The van der Waals surface area contributed by atoms with Crippen LogP contribution in [0.5, 0.6) is 0 Å². The Labute approximate surface area is 109 Å². The fourth-order valence-electron chi connectivity index (χ4n) is 2.19. The zero-order valence-electron chi connectivity index (χ0n) is 10.2. The predicted octanol–water partition coefficient (Wildman–Crippen LogP) is 2.65. The second-order valence-corrected chi connectivity index (χ2v) is 4.26. The molecule has 0 bridgehead atoms. The minimum Gasteiger partial charge on any atom is -0.481 e. The van der Waals surface area contributed by atoms with Crippen molar-refractivity contribution in [1.82, 2.24) is 9.55 Å². The zero-order valence-corrected chi connectivity index (χ0v) is 10.2. The third kappa shape index (κ3) is 2.08. The summed E-state index contributed by atoms with van der Waals surface area (Å²) in [6.45, 7) is 0. The molecule has 0 spiro atoms. The molecule has 0 aliphatic carbocycles. The standard InChI is InChI=1S/C15H12N2O2/c18-15(19)10-14-16-12-8-4-5-9-13(12)17(14)11-6-2-1-3-7-11/h1-9H,10H2,(H,18,19). The quantitative estimate of drug-likeness (QED) is 0.779. The second-order valence-electron chi connectivity index (χ2n) is 4.26. The molecule has 1 heterocycles. The average molecular weight is 252 g/mol. The van der Waals surface area contributed by atoms with Crippen molar-refractivity contribution >= 4 is 17.0 Å². The van der Waals surface area contributed by atoms with E-state index in [4.69, 9.17) is 5.11 Å². The molecule has 0 aliphatic rings. The monoisotopic (exact) mass is 252 g/mol. The lowest BCUT2D eigenvalue weighted by Crippen LogP contribution is -2.07. The minimum absolute atomic E-state index is 0.0937. The Kier molecular flexibility index (Phi) is 2.76. The number of para-hydroxylation sites is 3. The van der Waals surface area contributed by atoms with Gasteiger partial charge in [0.1, 0.15) is 12.2 Å². The van der Waals surface area contributed by atoms with Gasteiger partial charge in [-0.2, -0.15) is 0 Å². The van der Waals surface area contributed by atoms with Crippen LogP contribution in [0.15, 0.2) is 54.6 Å². The molecule has 0 saturated carbocycles. The van der Waals surface area contributed by atoms with Crippen molar-refractivity contribution < 1.29 is 9.90 Å². The third-order valence-electron chi connectivity index (χ3n) is 2.95. The summed E-state index contributed by atoms with van der Waals surface area (Å²) in [5.41, 5.74) is 2.65. The Hall–Kier alpha value is -2.62. The number of imidazole rings is 1. The van der Waals surface area contributed by atoms with Crippen LogP contribution in [-0.4, -0.2) is 20.6 Å². The van der Waals surface area contributed by atoms with Crippen LogP contribution in [0.25, 0.3) is 16.7 Å². The van der Waals surface area contributed by atoms with E-state index in [-0.39, 0.29) is 6.42 Å². The number of hydrogen-bond donors (Lipinski definition) is 1. The maximum Gasteiger partial charge on any atom is 0.311 e. The molecule has 0 fully saturated rings. The lowest BCUT2D eigenvalue weighted by molar-refractivity contribution is -0.136. The van der Waals surface area contributed by atoms with E-state index >= 15 is 0 Å². The van der Waals surface area contributed by atoms with Gasteiger partial charge in [-0.3, -0.25) is 9.36 Å². The molecule has 4 nitrogen and oxygen atoms in total. The number of aliphatic carboxylic acids is 1. The number of carbonyl (C=O) groups is 1. The maximum absolute atomic E-state index is 11.0.